The topological polar surface area (TPSA) is 55.1 Å². The Balaban J connectivity index is 1.87. The summed E-state index contributed by atoms with van der Waals surface area (Å²) < 4.78 is 0. The SMILES string of the molecule is CC1(CC(NCc2ccccc2)C(N)=O)CC1. The maximum atomic E-state index is 11.4. The third-order valence-corrected chi connectivity index (χ3v) is 3.54. The fraction of sp³-hybridized carbons (Fsp3) is 0.500. The van der Waals surface area contributed by atoms with Crippen molar-refractivity contribution in [2.45, 2.75) is 38.8 Å². The molecule has 1 fully saturated rings. The number of nitrogens with one attached hydrogen (secondary N) is 1. The standard InChI is InChI=1S/C14H20N2O/c1-14(7-8-14)9-12(13(15)17)16-10-11-5-3-2-4-6-11/h2-6,12,16H,7-10H2,1H3,(H2,15,17). The molecule has 17 heavy (non-hydrogen) atoms. The lowest BCUT2D eigenvalue weighted by molar-refractivity contribution is -0.120. The molecule has 0 heterocycles. The lowest BCUT2D eigenvalue weighted by Gasteiger charge is -2.19. The molecule has 3 N–H and O–H groups in total. The molecule has 1 atom stereocenters. The second-order valence-corrected chi connectivity index (χ2v) is 5.34. The number of primary amides is 1. The van der Waals surface area contributed by atoms with Crippen LogP contribution in [-0.4, -0.2) is 11.9 Å². The Kier molecular flexibility index (Phi) is 3.48. The first kappa shape index (κ1) is 12.1. The molecule has 1 aromatic carbocycles. The molecule has 1 aliphatic rings. The third kappa shape index (κ3) is 3.56. The van der Waals surface area contributed by atoms with Crippen molar-refractivity contribution in [2.24, 2.45) is 11.1 Å². The van der Waals surface area contributed by atoms with E-state index in [9.17, 15) is 4.79 Å². The van der Waals surface area contributed by atoms with Gasteiger partial charge in [-0.05, 0) is 30.2 Å². The predicted molar refractivity (Wildman–Crippen MR) is 68.2 cm³/mol. The Hall–Kier alpha value is -1.35. The van der Waals surface area contributed by atoms with Gasteiger partial charge >= 0.3 is 0 Å². The van der Waals surface area contributed by atoms with Crippen molar-refractivity contribution in [1.82, 2.24) is 5.32 Å². The van der Waals surface area contributed by atoms with Crippen molar-refractivity contribution in [3.05, 3.63) is 35.9 Å². The van der Waals surface area contributed by atoms with Crippen molar-refractivity contribution in [3.8, 4) is 0 Å². The molecule has 92 valence electrons. The highest BCUT2D eigenvalue weighted by atomic mass is 16.1. The molecule has 0 aromatic heterocycles. The smallest absolute Gasteiger partial charge is 0.234 e. The van der Waals surface area contributed by atoms with Crippen molar-refractivity contribution in [2.75, 3.05) is 0 Å². The molecule has 0 aliphatic heterocycles. The van der Waals surface area contributed by atoms with E-state index in [0.29, 0.717) is 12.0 Å². The highest BCUT2D eigenvalue weighted by Crippen LogP contribution is 2.48. The summed E-state index contributed by atoms with van der Waals surface area (Å²) in [7, 11) is 0. The molecule has 0 spiro atoms. The average Bonchev–Trinajstić information content (AvgIpc) is 3.04. The van der Waals surface area contributed by atoms with Gasteiger partial charge in [-0.1, -0.05) is 37.3 Å². The zero-order valence-electron chi connectivity index (χ0n) is 10.3. The first-order chi connectivity index (χ1) is 8.09. The van der Waals surface area contributed by atoms with Crippen LogP contribution in [0.3, 0.4) is 0 Å². The molecule has 1 saturated carbocycles. The summed E-state index contributed by atoms with van der Waals surface area (Å²) in [5.41, 5.74) is 6.95. The monoisotopic (exact) mass is 232 g/mol. The van der Waals surface area contributed by atoms with Crippen molar-refractivity contribution < 1.29 is 4.79 Å². The molecular formula is C14H20N2O. The summed E-state index contributed by atoms with van der Waals surface area (Å²) in [4.78, 5) is 11.4. The van der Waals surface area contributed by atoms with E-state index in [1.54, 1.807) is 0 Å². The van der Waals surface area contributed by atoms with Crippen LogP contribution in [0.1, 0.15) is 31.7 Å². The van der Waals surface area contributed by atoms with Crippen LogP contribution in [0.2, 0.25) is 0 Å². The molecule has 1 amide bonds. The Morgan fingerprint density at radius 2 is 2.06 bits per heavy atom. The van der Waals surface area contributed by atoms with Crippen molar-refractivity contribution >= 4 is 5.91 Å². The number of carbonyl (C=O) groups is 1. The van der Waals surface area contributed by atoms with Gasteiger partial charge in [0.15, 0.2) is 0 Å². The molecule has 1 aromatic rings. The van der Waals surface area contributed by atoms with Crippen molar-refractivity contribution in [1.29, 1.82) is 0 Å². The zero-order valence-corrected chi connectivity index (χ0v) is 10.3. The summed E-state index contributed by atoms with van der Waals surface area (Å²) in [6.45, 7) is 2.91. The Labute approximate surface area is 102 Å². The van der Waals surface area contributed by atoms with Crippen LogP contribution in [-0.2, 0) is 11.3 Å². The Morgan fingerprint density at radius 1 is 1.41 bits per heavy atom. The largest absolute Gasteiger partial charge is 0.368 e. The van der Waals surface area contributed by atoms with Crippen LogP contribution < -0.4 is 11.1 Å². The van der Waals surface area contributed by atoms with Gasteiger partial charge < -0.3 is 11.1 Å². The van der Waals surface area contributed by atoms with Gasteiger partial charge in [0, 0.05) is 6.54 Å². The van der Waals surface area contributed by atoms with Crippen LogP contribution in [0, 0.1) is 5.41 Å². The maximum Gasteiger partial charge on any atom is 0.234 e. The Morgan fingerprint density at radius 3 is 2.59 bits per heavy atom. The molecule has 2 rings (SSSR count). The molecule has 0 saturated heterocycles. The van der Waals surface area contributed by atoms with E-state index in [-0.39, 0.29) is 11.9 Å². The van der Waals surface area contributed by atoms with E-state index in [1.807, 2.05) is 30.3 Å². The molecule has 0 radical (unpaired) electrons. The third-order valence-electron chi connectivity index (χ3n) is 3.54. The average molecular weight is 232 g/mol. The minimum atomic E-state index is -0.242. The van der Waals surface area contributed by atoms with E-state index in [0.717, 1.165) is 6.42 Å². The normalized spacial score (nSPS) is 18.6. The van der Waals surface area contributed by atoms with Gasteiger partial charge in [0.25, 0.3) is 0 Å². The highest BCUT2D eigenvalue weighted by molar-refractivity contribution is 5.79. The van der Waals surface area contributed by atoms with Gasteiger partial charge in [-0.15, -0.1) is 0 Å². The van der Waals surface area contributed by atoms with Crippen LogP contribution >= 0.6 is 0 Å². The summed E-state index contributed by atoms with van der Waals surface area (Å²) in [6, 6.07) is 9.87. The van der Waals surface area contributed by atoms with Crippen LogP contribution in [0.25, 0.3) is 0 Å². The van der Waals surface area contributed by atoms with E-state index in [4.69, 9.17) is 5.73 Å². The lowest BCUT2D eigenvalue weighted by atomic mass is 9.98. The Bertz CT molecular complexity index is 384. The second-order valence-electron chi connectivity index (χ2n) is 5.34. The molecular weight excluding hydrogens is 212 g/mol. The first-order valence-electron chi connectivity index (χ1n) is 6.16. The number of rotatable bonds is 6. The van der Waals surface area contributed by atoms with Gasteiger partial charge in [-0.25, -0.2) is 0 Å². The van der Waals surface area contributed by atoms with Gasteiger partial charge in [-0.3, -0.25) is 4.79 Å². The van der Waals surface area contributed by atoms with Crippen molar-refractivity contribution in [3.63, 3.8) is 0 Å². The van der Waals surface area contributed by atoms with E-state index >= 15 is 0 Å². The fourth-order valence-corrected chi connectivity index (χ4v) is 2.02. The molecule has 3 nitrogen and oxygen atoms in total. The number of benzene rings is 1. The van der Waals surface area contributed by atoms with Crippen LogP contribution in [0.5, 0.6) is 0 Å². The van der Waals surface area contributed by atoms with Gasteiger partial charge in [0.05, 0.1) is 6.04 Å². The number of amides is 1. The van der Waals surface area contributed by atoms with Crippen LogP contribution in [0.4, 0.5) is 0 Å². The minimum Gasteiger partial charge on any atom is -0.368 e. The van der Waals surface area contributed by atoms with Crippen LogP contribution in [0.15, 0.2) is 30.3 Å². The summed E-state index contributed by atoms with van der Waals surface area (Å²) in [5, 5.41) is 3.26. The number of hydrogen-bond acceptors (Lipinski definition) is 2. The molecule has 1 unspecified atom stereocenters. The van der Waals surface area contributed by atoms with Gasteiger partial charge in [-0.2, -0.15) is 0 Å². The molecule has 1 aliphatic carbocycles. The second kappa shape index (κ2) is 4.88. The van der Waals surface area contributed by atoms with E-state index in [2.05, 4.69) is 12.2 Å². The fourth-order valence-electron chi connectivity index (χ4n) is 2.02. The lowest BCUT2D eigenvalue weighted by Crippen LogP contribution is -2.42. The van der Waals surface area contributed by atoms with E-state index in [1.165, 1.54) is 18.4 Å². The van der Waals surface area contributed by atoms with Gasteiger partial charge in [0.2, 0.25) is 5.91 Å². The highest BCUT2D eigenvalue weighted by Gasteiger charge is 2.40. The quantitative estimate of drug-likeness (QED) is 0.786. The van der Waals surface area contributed by atoms with E-state index < -0.39 is 0 Å². The zero-order chi connectivity index (χ0) is 12.3. The summed E-state index contributed by atoms with van der Waals surface area (Å²) in [5.74, 6) is -0.242. The van der Waals surface area contributed by atoms with Gasteiger partial charge in [0.1, 0.15) is 0 Å². The maximum absolute atomic E-state index is 11.4. The number of hydrogen-bond donors (Lipinski definition) is 2. The predicted octanol–water partition coefficient (Wildman–Crippen LogP) is 1.82. The minimum absolute atomic E-state index is 0.206. The molecule has 3 heteroatoms. The number of nitrogens with two attached hydrogens (primary N) is 1. The summed E-state index contributed by atoms with van der Waals surface area (Å²) >= 11 is 0. The molecule has 0 bridgehead atoms. The number of carbonyl (C=O) groups excluding carboxylic acids is 1. The first-order valence-corrected chi connectivity index (χ1v) is 6.16. The summed E-state index contributed by atoms with van der Waals surface area (Å²) in [6.07, 6.45) is 3.28.